The van der Waals surface area contributed by atoms with Gasteiger partial charge in [0.1, 0.15) is 5.75 Å². The molecule has 0 aliphatic rings. The average molecular weight is 370 g/mol. The fraction of sp³-hybridized carbons (Fsp3) is 0.444. The van der Waals surface area contributed by atoms with Gasteiger partial charge in [-0.05, 0) is 31.0 Å². The number of hydrogen-bond donors (Lipinski definition) is 1. The normalized spacial score (nSPS) is 12.2. The number of rotatable bonds is 6. The number of carbonyl (C=O) groups is 1. The number of halogens is 3. The van der Waals surface area contributed by atoms with Gasteiger partial charge in [-0.2, -0.15) is 13.2 Å². The Morgan fingerprint density at radius 1 is 1.27 bits per heavy atom. The minimum atomic E-state index is -4.59. The highest BCUT2D eigenvalue weighted by Crippen LogP contribution is 2.36. The summed E-state index contributed by atoms with van der Waals surface area (Å²) in [6, 6.07) is 6.29. The van der Waals surface area contributed by atoms with Crippen molar-refractivity contribution in [2.24, 2.45) is 5.73 Å². The van der Waals surface area contributed by atoms with Crippen LogP contribution in [0.15, 0.2) is 28.7 Å². The summed E-state index contributed by atoms with van der Waals surface area (Å²) < 4.78 is 49.8. The number of nitrogens with two attached hydrogens (primary N) is 1. The molecular weight excluding hydrogens is 349 g/mol. The molecule has 8 heteroatoms. The van der Waals surface area contributed by atoms with Crippen LogP contribution in [0, 0.1) is 0 Å². The monoisotopic (exact) mass is 370 g/mol. The van der Waals surface area contributed by atoms with E-state index >= 15 is 0 Å². The van der Waals surface area contributed by atoms with Gasteiger partial charge in [0, 0.05) is 11.0 Å². The molecule has 2 N–H and O–H groups in total. The van der Waals surface area contributed by atoms with E-state index in [1.165, 1.54) is 6.07 Å². The number of oxazole rings is 1. The van der Waals surface area contributed by atoms with Crippen LogP contribution in [0.1, 0.15) is 54.9 Å². The lowest BCUT2D eigenvalue weighted by molar-refractivity contribution is -0.154. The second kappa shape index (κ2) is 7.39. The summed E-state index contributed by atoms with van der Waals surface area (Å²) in [5, 5.41) is 0. The van der Waals surface area contributed by atoms with E-state index < -0.39 is 23.3 Å². The molecule has 0 aliphatic heterocycles. The molecule has 0 atom stereocenters. The van der Waals surface area contributed by atoms with Gasteiger partial charge in [-0.1, -0.05) is 26.8 Å². The Morgan fingerprint density at radius 2 is 1.96 bits per heavy atom. The second-order valence-corrected chi connectivity index (χ2v) is 6.89. The van der Waals surface area contributed by atoms with Crippen LogP contribution >= 0.6 is 0 Å². The first kappa shape index (κ1) is 19.8. The van der Waals surface area contributed by atoms with Crippen LogP contribution in [0.4, 0.5) is 13.2 Å². The highest BCUT2D eigenvalue weighted by Gasteiger charge is 2.40. The first-order chi connectivity index (χ1) is 12.0. The molecule has 0 radical (unpaired) electrons. The van der Waals surface area contributed by atoms with Crippen LogP contribution in [0.2, 0.25) is 0 Å². The van der Waals surface area contributed by atoms with Crippen LogP contribution < -0.4 is 10.5 Å². The Bertz CT molecular complexity index is 777. The lowest BCUT2D eigenvalue weighted by Crippen LogP contribution is -2.11. The summed E-state index contributed by atoms with van der Waals surface area (Å²) in [5.41, 5.74) is 4.74. The molecule has 0 unspecified atom stereocenters. The molecule has 0 saturated heterocycles. The maximum absolute atomic E-state index is 13.1. The van der Waals surface area contributed by atoms with Crippen LogP contribution in [0.5, 0.6) is 5.75 Å². The van der Waals surface area contributed by atoms with Gasteiger partial charge in [0.25, 0.3) is 0 Å². The molecule has 0 spiro atoms. The third kappa shape index (κ3) is 5.00. The fourth-order valence-electron chi connectivity index (χ4n) is 2.23. The second-order valence-electron chi connectivity index (χ2n) is 6.89. The van der Waals surface area contributed by atoms with Gasteiger partial charge in [0.05, 0.1) is 12.3 Å². The molecule has 0 saturated carbocycles. The summed E-state index contributed by atoms with van der Waals surface area (Å²) in [6.07, 6.45) is -4.23. The number of amides is 1. The highest BCUT2D eigenvalue weighted by molar-refractivity contribution is 5.93. The molecule has 1 amide bonds. The topological polar surface area (TPSA) is 78.4 Å². The van der Waals surface area contributed by atoms with Gasteiger partial charge in [-0.25, -0.2) is 4.98 Å². The van der Waals surface area contributed by atoms with Gasteiger partial charge in [-0.3, -0.25) is 4.79 Å². The van der Waals surface area contributed by atoms with Crippen molar-refractivity contribution in [1.82, 2.24) is 4.98 Å². The summed E-state index contributed by atoms with van der Waals surface area (Å²) in [4.78, 5) is 15.2. The number of nitrogens with zero attached hydrogens (tertiary/aromatic N) is 1. The predicted molar refractivity (Wildman–Crippen MR) is 89.0 cm³/mol. The maximum atomic E-state index is 13.1. The molecular formula is C18H21F3N2O3. The highest BCUT2D eigenvalue weighted by atomic mass is 19.4. The minimum Gasteiger partial charge on any atom is -0.494 e. The third-order valence-electron chi connectivity index (χ3n) is 3.54. The number of alkyl halides is 3. The molecule has 0 bridgehead atoms. The zero-order valence-corrected chi connectivity index (χ0v) is 14.8. The molecule has 0 aliphatic carbocycles. The summed E-state index contributed by atoms with van der Waals surface area (Å²) >= 11 is 0. The smallest absolute Gasteiger partial charge is 0.451 e. The lowest BCUT2D eigenvalue weighted by atomic mass is 9.97. The van der Waals surface area contributed by atoms with E-state index in [2.05, 4.69) is 4.98 Å². The maximum Gasteiger partial charge on any atom is 0.451 e. The summed E-state index contributed by atoms with van der Waals surface area (Å²) in [5.74, 6) is -1.16. The van der Waals surface area contributed by atoms with Gasteiger partial charge in [0.2, 0.25) is 17.6 Å². The summed E-state index contributed by atoms with van der Waals surface area (Å²) in [7, 11) is 0. The first-order valence-electron chi connectivity index (χ1n) is 8.08. The third-order valence-corrected chi connectivity index (χ3v) is 3.54. The van der Waals surface area contributed by atoms with Crippen molar-refractivity contribution in [2.45, 2.75) is 45.2 Å². The predicted octanol–water partition coefficient (Wildman–Crippen LogP) is 4.10. The molecule has 26 heavy (non-hydrogen) atoms. The molecule has 5 nitrogen and oxygen atoms in total. The Hall–Kier alpha value is -2.51. The van der Waals surface area contributed by atoms with E-state index in [0.29, 0.717) is 17.7 Å². The zero-order valence-electron chi connectivity index (χ0n) is 14.8. The molecule has 1 aromatic heterocycles. The number of carbonyl (C=O) groups excluding carboxylic acids is 1. The lowest BCUT2D eigenvalue weighted by Gasteiger charge is -2.12. The number of hydrogen-bond acceptors (Lipinski definition) is 4. The van der Waals surface area contributed by atoms with Crippen molar-refractivity contribution in [3.8, 4) is 5.75 Å². The van der Waals surface area contributed by atoms with Gasteiger partial charge in [0.15, 0.2) is 0 Å². The van der Waals surface area contributed by atoms with Crippen molar-refractivity contribution in [1.29, 1.82) is 0 Å². The van der Waals surface area contributed by atoms with Crippen LogP contribution in [-0.4, -0.2) is 17.5 Å². The molecule has 1 heterocycles. The standard InChI is InChI=1S/C18H21F3N2O3/c1-17(2,3)16-23-13(14(26-16)18(19,20)21)8-5-9-25-12-7-4-6-11(10-12)15(22)24/h4,6-7,10H,5,8-9H2,1-3H3,(H2,22,24). The average Bonchev–Trinajstić information content (AvgIpc) is 2.96. The molecule has 1 aromatic carbocycles. The van der Waals surface area contributed by atoms with E-state index in [1.807, 2.05) is 0 Å². The van der Waals surface area contributed by atoms with Crippen LogP contribution in [0.3, 0.4) is 0 Å². The van der Waals surface area contributed by atoms with Gasteiger partial charge >= 0.3 is 6.18 Å². The number of aryl methyl sites for hydroxylation is 1. The van der Waals surface area contributed by atoms with Crippen molar-refractivity contribution in [3.05, 3.63) is 47.2 Å². The number of primary amides is 1. The number of aromatic nitrogens is 1. The quantitative estimate of drug-likeness (QED) is 0.777. The number of benzene rings is 1. The Labute approximate surface area is 149 Å². The van der Waals surface area contributed by atoms with E-state index in [4.69, 9.17) is 14.9 Å². The zero-order chi connectivity index (χ0) is 19.5. The first-order valence-corrected chi connectivity index (χ1v) is 8.08. The van der Waals surface area contributed by atoms with Crippen molar-refractivity contribution >= 4 is 5.91 Å². The SMILES string of the molecule is CC(C)(C)c1nc(CCCOc2cccc(C(N)=O)c2)c(C(F)(F)F)o1. The van der Waals surface area contributed by atoms with Crippen LogP contribution in [-0.2, 0) is 18.0 Å². The van der Waals surface area contributed by atoms with Crippen molar-refractivity contribution in [2.75, 3.05) is 6.61 Å². The Balaban J connectivity index is 2.02. The largest absolute Gasteiger partial charge is 0.494 e. The molecule has 142 valence electrons. The Kier molecular flexibility index (Phi) is 5.63. The summed E-state index contributed by atoms with van der Waals surface area (Å²) in [6.45, 7) is 5.37. The van der Waals surface area contributed by atoms with E-state index in [9.17, 15) is 18.0 Å². The van der Waals surface area contributed by atoms with E-state index in [0.717, 1.165) is 0 Å². The van der Waals surface area contributed by atoms with Gasteiger partial charge in [-0.15, -0.1) is 0 Å². The van der Waals surface area contributed by atoms with Crippen molar-refractivity contribution in [3.63, 3.8) is 0 Å². The van der Waals surface area contributed by atoms with Gasteiger partial charge < -0.3 is 14.9 Å². The minimum absolute atomic E-state index is 0.0508. The molecule has 2 aromatic rings. The molecule has 2 rings (SSSR count). The molecule has 0 fully saturated rings. The van der Waals surface area contributed by atoms with E-state index in [1.54, 1.807) is 39.0 Å². The van der Waals surface area contributed by atoms with Crippen molar-refractivity contribution < 1.29 is 27.1 Å². The van der Waals surface area contributed by atoms with Crippen LogP contribution in [0.25, 0.3) is 0 Å². The fourth-order valence-corrected chi connectivity index (χ4v) is 2.23. The number of ether oxygens (including phenoxy) is 1. The van der Waals surface area contributed by atoms with E-state index in [-0.39, 0.29) is 24.6 Å². The Morgan fingerprint density at radius 3 is 2.54 bits per heavy atom.